The molecular formula is C24H19FN4O4. The fourth-order valence-electron chi connectivity index (χ4n) is 4.18. The Bertz CT molecular complexity index is 1340. The standard InChI is InChI=1S/C24H19FN4O4/c25-13-3-1-12(2-4-13)21-19(28-18-7-8-26-24(33)22(18)21)10-16-15-9-14(27-20(31)11-30)5-6-17(15)29-23(16)32/h1-6,9-10,28,30H,7-8,11H2,(H,26,33)(H,27,31)(H,29,32)/b16-10-. The van der Waals surface area contributed by atoms with E-state index in [1.165, 1.54) is 12.1 Å². The number of aliphatic hydroxyl groups is 1. The van der Waals surface area contributed by atoms with Gasteiger partial charge in [-0.15, -0.1) is 0 Å². The lowest BCUT2D eigenvalue weighted by Gasteiger charge is -2.14. The number of hydrogen-bond donors (Lipinski definition) is 5. The van der Waals surface area contributed by atoms with Gasteiger partial charge in [-0.1, -0.05) is 12.1 Å². The van der Waals surface area contributed by atoms with Gasteiger partial charge in [0.2, 0.25) is 5.91 Å². The molecule has 2 aliphatic heterocycles. The van der Waals surface area contributed by atoms with Crippen LogP contribution in [0.25, 0.3) is 22.8 Å². The van der Waals surface area contributed by atoms with Crippen LogP contribution < -0.4 is 16.0 Å². The lowest BCUT2D eigenvalue weighted by atomic mass is 9.95. The maximum absolute atomic E-state index is 13.5. The number of carbonyl (C=O) groups is 3. The van der Waals surface area contributed by atoms with Gasteiger partial charge in [0.25, 0.3) is 11.8 Å². The average Bonchev–Trinajstić information content (AvgIpc) is 3.32. The van der Waals surface area contributed by atoms with Crippen LogP contribution in [-0.4, -0.2) is 41.0 Å². The number of rotatable bonds is 4. The number of nitrogens with one attached hydrogen (secondary N) is 4. The lowest BCUT2D eigenvalue weighted by molar-refractivity contribution is -0.118. The molecular weight excluding hydrogens is 427 g/mol. The first-order chi connectivity index (χ1) is 15.9. The number of anilines is 2. The Balaban J connectivity index is 1.65. The maximum Gasteiger partial charge on any atom is 0.256 e. The summed E-state index contributed by atoms with van der Waals surface area (Å²) in [6.07, 6.45) is 2.25. The van der Waals surface area contributed by atoms with Gasteiger partial charge < -0.3 is 26.0 Å². The van der Waals surface area contributed by atoms with Crippen LogP contribution in [-0.2, 0) is 16.0 Å². The number of aromatic amines is 1. The van der Waals surface area contributed by atoms with E-state index in [-0.39, 0.29) is 11.8 Å². The van der Waals surface area contributed by atoms with Crippen molar-refractivity contribution in [3.05, 3.63) is 70.8 Å². The third-order valence-corrected chi connectivity index (χ3v) is 5.65. The number of H-pyrrole nitrogens is 1. The molecule has 0 bridgehead atoms. The van der Waals surface area contributed by atoms with E-state index in [0.29, 0.717) is 57.9 Å². The van der Waals surface area contributed by atoms with E-state index in [9.17, 15) is 18.8 Å². The largest absolute Gasteiger partial charge is 0.387 e. The SMILES string of the molecule is O=C(CO)Nc1ccc2c(c1)/C(=C/c1[nH]c3c(c1-c1ccc(F)cc1)C(=O)NCC3)C(=O)N2. The van der Waals surface area contributed by atoms with Crippen molar-refractivity contribution >= 4 is 40.7 Å². The summed E-state index contributed by atoms with van der Waals surface area (Å²) in [4.78, 5) is 40.3. The Labute approximate surface area is 187 Å². The third kappa shape index (κ3) is 3.68. The second-order valence-electron chi connectivity index (χ2n) is 7.76. The Hall–Kier alpha value is -4.24. The third-order valence-electron chi connectivity index (χ3n) is 5.65. The number of benzene rings is 2. The van der Waals surface area contributed by atoms with E-state index in [4.69, 9.17) is 5.11 Å². The summed E-state index contributed by atoms with van der Waals surface area (Å²) >= 11 is 0. The summed E-state index contributed by atoms with van der Waals surface area (Å²) in [6, 6.07) is 10.7. The van der Waals surface area contributed by atoms with E-state index in [0.717, 1.165) is 5.69 Å². The number of fused-ring (bicyclic) bond motifs is 2. The molecule has 166 valence electrons. The zero-order chi connectivity index (χ0) is 23.1. The van der Waals surface area contributed by atoms with Crippen LogP contribution in [0, 0.1) is 5.82 Å². The van der Waals surface area contributed by atoms with E-state index >= 15 is 0 Å². The summed E-state index contributed by atoms with van der Waals surface area (Å²) in [5, 5.41) is 17.2. The fraction of sp³-hybridized carbons (Fsp3) is 0.125. The van der Waals surface area contributed by atoms with Gasteiger partial charge in [-0.3, -0.25) is 14.4 Å². The first kappa shape index (κ1) is 20.7. The van der Waals surface area contributed by atoms with Crippen molar-refractivity contribution in [1.29, 1.82) is 0 Å². The summed E-state index contributed by atoms with van der Waals surface area (Å²) in [6.45, 7) is -0.170. The monoisotopic (exact) mass is 446 g/mol. The van der Waals surface area contributed by atoms with Crippen molar-refractivity contribution in [2.75, 3.05) is 23.8 Å². The van der Waals surface area contributed by atoms with Crippen LogP contribution in [0.4, 0.5) is 15.8 Å². The summed E-state index contributed by atoms with van der Waals surface area (Å²) in [5.74, 6) is -1.53. The smallest absolute Gasteiger partial charge is 0.256 e. The van der Waals surface area contributed by atoms with E-state index < -0.39 is 18.3 Å². The predicted octanol–water partition coefficient (Wildman–Crippen LogP) is 2.53. The molecule has 1 aromatic heterocycles. The first-order valence-corrected chi connectivity index (χ1v) is 10.3. The molecule has 0 aliphatic carbocycles. The minimum Gasteiger partial charge on any atom is -0.387 e. The molecule has 3 amide bonds. The average molecular weight is 446 g/mol. The van der Waals surface area contributed by atoms with Crippen molar-refractivity contribution < 1.29 is 23.9 Å². The number of aliphatic hydroxyl groups excluding tert-OH is 1. The van der Waals surface area contributed by atoms with E-state index in [2.05, 4.69) is 20.9 Å². The minimum atomic E-state index is -0.659. The number of carbonyl (C=O) groups excluding carboxylic acids is 3. The molecule has 0 saturated heterocycles. The molecule has 0 radical (unpaired) electrons. The Morgan fingerprint density at radius 3 is 2.64 bits per heavy atom. The van der Waals surface area contributed by atoms with Gasteiger partial charge in [-0.05, 0) is 42.0 Å². The van der Waals surface area contributed by atoms with Crippen molar-refractivity contribution in [3.8, 4) is 11.1 Å². The van der Waals surface area contributed by atoms with Gasteiger partial charge >= 0.3 is 0 Å². The van der Waals surface area contributed by atoms with Gasteiger partial charge in [-0.2, -0.15) is 0 Å². The Kier molecular flexibility index (Phi) is 5.02. The van der Waals surface area contributed by atoms with Gasteiger partial charge in [0, 0.05) is 46.9 Å². The molecule has 2 aliphatic rings. The molecule has 3 aromatic rings. The normalized spacial score (nSPS) is 15.6. The highest BCUT2D eigenvalue weighted by atomic mass is 19.1. The Morgan fingerprint density at radius 1 is 1.09 bits per heavy atom. The maximum atomic E-state index is 13.5. The fourth-order valence-corrected chi connectivity index (χ4v) is 4.18. The molecule has 3 heterocycles. The van der Waals surface area contributed by atoms with Gasteiger partial charge in [0.1, 0.15) is 12.4 Å². The summed E-state index contributed by atoms with van der Waals surface area (Å²) in [5.41, 5.74) is 4.90. The highest BCUT2D eigenvalue weighted by Crippen LogP contribution is 2.38. The lowest BCUT2D eigenvalue weighted by Crippen LogP contribution is -2.31. The first-order valence-electron chi connectivity index (χ1n) is 10.3. The summed E-state index contributed by atoms with van der Waals surface area (Å²) in [7, 11) is 0. The van der Waals surface area contributed by atoms with E-state index in [1.807, 2.05) is 0 Å². The second kappa shape index (κ2) is 8.03. The summed E-state index contributed by atoms with van der Waals surface area (Å²) < 4.78 is 13.5. The van der Waals surface area contributed by atoms with Crippen LogP contribution in [0.15, 0.2) is 42.5 Å². The van der Waals surface area contributed by atoms with Crippen molar-refractivity contribution in [2.24, 2.45) is 0 Å². The molecule has 0 atom stereocenters. The highest BCUT2D eigenvalue weighted by molar-refractivity contribution is 6.35. The molecule has 5 rings (SSSR count). The number of aromatic nitrogens is 1. The molecule has 2 aromatic carbocycles. The molecule has 8 nitrogen and oxygen atoms in total. The molecule has 0 fully saturated rings. The zero-order valence-corrected chi connectivity index (χ0v) is 17.3. The minimum absolute atomic E-state index is 0.234. The number of amides is 3. The van der Waals surface area contributed by atoms with Crippen molar-refractivity contribution in [2.45, 2.75) is 6.42 Å². The predicted molar refractivity (Wildman–Crippen MR) is 121 cm³/mol. The van der Waals surface area contributed by atoms with Gasteiger partial charge in [0.05, 0.1) is 11.1 Å². The van der Waals surface area contributed by atoms with Gasteiger partial charge in [0.15, 0.2) is 0 Å². The molecule has 5 N–H and O–H groups in total. The quantitative estimate of drug-likeness (QED) is 0.395. The van der Waals surface area contributed by atoms with Crippen molar-refractivity contribution in [3.63, 3.8) is 0 Å². The highest BCUT2D eigenvalue weighted by Gasteiger charge is 2.29. The second-order valence-corrected chi connectivity index (χ2v) is 7.76. The van der Waals surface area contributed by atoms with Crippen LogP contribution in [0.2, 0.25) is 0 Å². The topological polar surface area (TPSA) is 123 Å². The molecule has 9 heteroatoms. The molecule has 0 saturated carbocycles. The van der Waals surface area contributed by atoms with Gasteiger partial charge in [-0.25, -0.2) is 4.39 Å². The van der Waals surface area contributed by atoms with Crippen LogP contribution in [0.1, 0.15) is 27.3 Å². The molecule has 0 spiro atoms. The van der Waals surface area contributed by atoms with E-state index in [1.54, 1.807) is 36.4 Å². The van der Waals surface area contributed by atoms with Crippen LogP contribution >= 0.6 is 0 Å². The van der Waals surface area contributed by atoms with Crippen molar-refractivity contribution in [1.82, 2.24) is 10.3 Å². The molecule has 33 heavy (non-hydrogen) atoms. The van der Waals surface area contributed by atoms with Crippen LogP contribution in [0.5, 0.6) is 0 Å². The Morgan fingerprint density at radius 2 is 1.88 bits per heavy atom. The molecule has 0 unspecified atom stereocenters. The number of halogens is 1. The zero-order valence-electron chi connectivity index (χ0n) is 17.3. The number of hydrogen-bond acceptors (Lipinski definition) is 4. The van der Waals surface area contributed by atoms with Crippen LogP contribution in [0.3, 0.4) is 0 Å².